The molecular formula is C29H44N2O5. The highest BCUT2D eigenvalue weighted by molar-refractivity contribution is 5.86. The van der Waals surface area contributed by atoms with Gasteiger partial charge in [0.05, 0.1) is 27.0 Å². The first-order chi connectivity index (χ1) is 17.1. The molecule has 200 valence electrons. The predicted octanol–water partition coefficient (Wildman–Crippen LogP) is 5.71. The lowest BCUT2D eigenvalue weighted by atomic mass is 9.94. The van der Waals surface area contributed by atoms with E-state index in [0.29, 0.717) is 36.8 Å². The number of nitrogens with zero attached hydrogens (tertiary/aromatic N) is 2. The number of hydrogen-bond donors (Lipinski definition) is 0. The second-order valence-electron chi connectivity index (χ2n) is 10.2. The quantitative estimate of drug-likeness (QED) is 0.332. The molecule has 1 heterocycles. The maximum Gasteiger partial charge on any atom is 0.242 e. The van der Waals surface area contributed by atoms with Crippen LogP contribution in [-0.4, -0.2) is 54.5 Å². The Bertz CT molecular complexity index is 949. The molecular weight excluding hydrogens is 456 g/mol. The average molecular weight is 501 g/mol. The molecule has 0 unspecified atom stereocenters. The van der Waals surface area contributed by atoms with E-state index in [0.717, 1.165) is 31.2 Å². The third kappa shape index (κ3) is 8.32. The number of ether oxygens (including phenoxy) is 2. The van der Waals surface area contributed by atoms with Gasteiger partial charge >= 0.3 is 0 Å². The SMILES string of the molecule is CCCC[C@@H](CC)C(=O)N(CC(=O)N(CCc1ccc(OC)c(OC)c1)Cc1ccco1)C(C)(C)C. The van der Waals surface area contributed by atoms with Crippen LogP contribution in [0.5, 0.6) is 11.5 Å². The number of hydrogen-bond acceptors (Lipinski definition) is 5. The molecule has 2 aromatic rings. The molecule has 0 bridgehead atoms. The Morgan fingerprint density at radius 3 is 2.33 bits per heavy atom. The van der Waals surface area contributed by atoms with Crippen LogP contribution >= 0.6 is 0 Å². The van der Waals surface area contributed by atoms with Crippen LogP contribution in [0.15, 0.2) is 41.0 Å². The van der Waals surface area contributed by atoms with Crippen molar-refractivity contribution < 1.29 is 23.5 Å². The van der Waals surface area contributed by atoms with Gasteiger partial charge in [-0.25, -0.2) is 0 Å². The minimum atomic E-state index is -0.466. The second kappa shape index (κ2) is 14.0. The van der Waals surface area contributed by atoms with Crippen molar-refractivity contribution in [2.45, 2.75) is 78.8 Å². The van der Waals surface area contributed by atoms with Crippen LogP contribution in [0.25, 0.3) is 0 Å². The number of methoxy groups -OCH3 is 2. The van der Waals surface area contributed by atoms with Crippen molar-refractivity contribution in [2.24, 2.45) is 5.92 Å². The van der Waals surface area contributed by atoms with Gasteiger partial charge in [0.25, 0.3) is 0 Å². The maximum absolute atomic E-state index is 13.6. The summed E-state index contributed by atoms with van der Waals surface area (Å²) in [5.74, 6) is 1.92. The maximum atomic E-state index is 13.6. The molecule has 0 saturated heterocycles. The number of carbonyl (C=O) groups is 2. The van der Waals surface area contributed by atoms with Gasteiger partial charge in [-0.15, -0.1) is 0 Å². The summed E-state index contributed by atoms with van der Waals surface area (Å²) in [4.78, 5) is 30.7. The van der Waals surface area contributed by atoms with Crippen molar-refractivity contribution >= 4 is 11.8 Å². The molecule has 2 rings (SSSR count). The van der Waals surface area contributed by atoms with E-state index in [9.17, 15) is 9.59 Å². The molecule has 0 spiro atoms. The molecule has 7 nitrogen and oxygen atoms in total. The van der Waals surface area contributed by atoms with Gasteiger partial charge in [0.15, 0.2) is 11.5 Å². The Kier molecular flexibility index (Phi) is 11.3. The van der Waals surface area contributed by atoms with Crippen molar-refractivity contribution in [3.63, 3.8) is 0 Å². The molecule has 0 radical (unpaired) electrons. The summed E-state index contributed by atoms with van der Waals surface area (Å²) >= 11 is 0. The highest BCUT2D eigenvalue weighted by Gasteiger charge is 2.33. The van der Waals surface area contributed by atoms with E-state index in [1.807, 2.05) is 58.0 Å². The first kappa shape index (κ1) is 29.3. The summed E-state index contributed by atoms with van der Waals surface area (Å²) < 4.78 is 16.3. The second-order valence-corrected chi connectivity index (χ2v) is 10.2. The highest BCUT2D eigenvalue weighted by Crippen LogP contribution is 2.28. The number of carbonyl (C=O) groups excluding carboxylic acids is 2. The van der Waals surface area contributed by atoms with Crippen LogP contribution in [-0.2, 0) is 22.6 Å². The summed E-state index contributed by atoms with van der Waals surface area (Å²) in [5, 5.41) is 0. The largest absolute Gasteiger partial charge is 0.493 e. The van der Waals surface area contributed by atoms with Crippen LogP contribution < -0.4 is 9.47 Å². The molecule has 0 N–H and O–H groups in total. The molecule has 36 heavy (non-hydrogen) atoms. The number of benzene rings is 1. The molecule has 0 aliphatic rings. The number of furan rings is 1. The summed E-state index contributed by atoms with van der Waals surface area (Å²) in [5.41, 5.74) is 0.561. The van der Waals surface area contributed by atoms with E-state index in [4.69, 9.17) is 13.9 Å². The monoisotopic (exact) mass is 500 g/mol. The van der Waals surface area contributed by atoms with E-state index in [1.54, 1.807) is 30.3 Å². The molecule has 0 aliphatic carbocycles. The van der Waals surface area contributed by atoms with Crippen molar-refractivity contribution in [3.8, 4) is 11.5 Å². The van der Waals surface area contributed by atoms with Crippen LogP contribution in [0.2, 0.25) is 0 Å². The minimum absolute atomic E-state index is 0.0393. The van der Waals surface area contributed by atoms with Crippen LogP contribution in [0.1, 0.15) is 71.6 Å². The first-order valence-corrected chi connectivity index (χ1v) is 13.0. The lowest BCUT2D eigenvalue weighted by Gasteiger charge is -2.38. The standard InChI is InChI=1S/C29H44N2O5/c1-8-10-12-23(9-2)28(33)31(29(3,4)5)21-27(32)30(20-24-13-11-18-36-24)17-16-22-14-15-25(34-6)26(19-22)35-7/h11,13-15,18-19,23H,8-10,12,16-17,20-21H2,1-7H3/t23-/m1/s1. The van der Waals surface area contributed by atoms with Crippen molar-refractivity contribution in [3.05, 3.63) is 47.9 Å². The van der Waals surface area contributed by atoms with Gasteiger partial charge < -0.3 is 23.7 Å². The zero-order valence-electron chi connectivity index (χ0n) is 23.1. The fourth-order valence-electron chi connectivity index (χ4n) is 4.24. The first-order valence-electron chi connectivity index (χ1n) is 13.0. The topological polar surface area (TPSA) is 72.2 Å². The Morgan fingerprint density at radius 1 is 1.06 bits per heavy atom. The molecule has 2 amide bonds. The van der Waals surface area contributed by atoms with Gasteiger partial charge in [-0.05, 0) is 69.9 Å². The van der Waals surface area contributed by atoms with E-state index >= 15 is 0 Å². The van der Waals surface area contributed by atoms with Gasteiger partial charge in [-0.2, -0.15) is 0 Å². The predicted molar refractivity (Wildman–Crippen MR) is 142 cm³/mol. The third-order valence-corrected chi connectivity index (χ3v) is 6.52. The Morgan fingerprint density at radius 2 is 1.78 bits per heavy atom. The van der Waals surface area contributed by atoms with Gasteiger partial charge in [-0.3, -0.25) is 9.59 Å². The molecule has 0 saturated carbocycles. The van der Waals surface area contributed by atoms with Crippen LogP contribution in [0.4, 0.5) is 0 Å². The van der Waals surface area contributed by atoms with Gasteiger partial charge in [0, 0.05) is 18.0 Å². The van der Waals surface area contributed by atoms with Gasteiger partial charge in [-0.1, -0.05) is 32.8 Å². The van der Waals surface area contributed by atoms with Crippen molar-refractivity contribution in [1.82, 2.24) is 9.80 Å². The Hall–Kier alpha value is -2.96. The van der Waals surface area contributed by atoms with Crippen molar-refractivity contribution in [1.29, 1.82) is 0 Å². The van der Waals surface area contributed by atoms with Crippen LogP contribution in [0.3, 0.4) is 0 Å². The zero-order chi connectivity index (χ0) is 26.7. The lowest BCUT2D eigenvalue weighted by Crippen LogP contribution is -2.53. The molecule has 1 atom stereocenters. The third-order valence-electron chi connectivity index (χ3n) is 6.52. The summed E-state index contributed by atoms with van der Waals surface area (Å²) in [6.45, 7) is 11.0. The Balaban J connectivity index is 2.23. The molecule has 7 heteroatoms. The van der Waals surface area contributed by atoms with Gasteiger partial charge in [0.1, 0.15) is 12.3 Å². The van der Waals surface area contributed by atoms with Gasteiger partial charge in [0.2, 0.25) is 11.8 Å². The Labute approximate surface area is 216 Å². The number of amides is 2. The fourth-order valence-corrected chi connectivity index (χ4v) is 4.24. The van der Waals surface area contributed by atoms with E-state index in [1.165, 1.54) is 0 Å². The molecule has 0 aliphatic heterocycles. The van der Waals surface area contributed by atoms with E-state index in [-0.39, 0.29) is 24.3 Å². The molecule has 0 fully saturated rings. The molecule has 1 aromatic heterocycles. The van der Waals surface area contributed by atoms with E-state index in [2.05, 4.69) is 6.92 Å². The molecule has 1 aromatic carbocycles. The summed E-state index contributed by atoms with van der Waals surface area (Å²) in [6.07, 6.45) is 5.91. The average Bonchev–Trinajstić information content (AvgIpc) is 3.37. The highest BCUT2D eigenvalue weighted by atomic mass is 16.5. The normalized spacial score (nSPS) is 12.2. The van der Waals surface area contributed by atoms with Crippen LogP contribution in [0, 0.1) is 5.92 Å². The fraction of sp³-hybridized carbons (Fsp3) is 0.586. The number of rotatable bonds is 14. The minimum Gasteiger partial charge on any atom is -0.493 e. The van der Waals surface area contributed by atoms with Crippen molar-refractivity contribution in [2.75, 3.05) is 27.3 Å². The summed E-state index contributed by atoms with van der Waals surface area (Å²) in [6, 6.07) is 9.45. The zero-order valence-corrected chi connectivity index (χ0v) is 23.1. The lowest BCUT2D eigenvalue weighted by molar-refractivity contribution is -0.148. The smallest absolute Gasteiger partial charge is 0.242 e. The van der Waals surface area contributed by atoms with E-state index < -0.39 is 5.54 Å². The number of unbranched alkanes of at least 4 members (excludes halogenated alkanes) is 1. The summed E-state index contributed by atoms with van der Waals surface area (Å²) in [7, 11) is 3.21.